The average molecular weight is 270 g/mol. The first kappa shape index (κ1) is 15.6. The minimum Gasteiger partial charge on any atom is -0.383 e. The van der Waals surface area contributed by atoms with Gasteiger partial charge >= 0.3 is 0 Å². The Hall–Kier alpha value is -0.420. The van der Waals surface area contributed by atoms with E-state index < -0.39 is 0 Å². The lowest BCUT2D eigenvalue weighted by molar-refractivity contribution is 0.199. The van der Waals surface area contributed by atoms with Crippen molar-refractivity contribution < 1.29 is 4.74 Å². The molecular formula is C14H26N2OS. The Morgan fingerprint density at radius 3 is 2.56 bits per heavy atom. The largest absolute Gasteiger partial charge is 0.383 e. The summed E-state index contributed by atoms with van der Waals surface area (Å²) in [6.45, 7) is 5.08. The molecule has 0 atom stereocenters. The minimum absolute atomic E-state index is 0.802. The number of ether oxygens (including phenoxy) is 1. The van der Waals surface area contributed by atoms with Gasteiger partial charge in [-0.25, -0.2) is 0 Å². The smallest absolute Gasteiger partial charge is 0.0587 e. The molecule has 0 spiro atoms. The molecule has 1 aromatic rings. The van der Waals surface area contributed by atoms with Gasteiger partial charge in [0.25, 0.3) is 0 Å². The topological polar surface area (TPSA) is 33.3 Å². The lowest BCUT2D eigenvalue weighted by Gasteiger charge is -2.05. The van der Waals surface area contributed by atoms with E-state index in [1.807, 2.05) is 11.3 Å². The Kier molecular flexibility index (Phi) is 10.1. The Balaban J connectivity index is 1.73. The molecule has 0 bridgehead atoms. The Labute approximate surface area is 115 Å². The minimum atomic E-state index is 0.802. The molecule has 0 saturated heterocycles. The molecule has 1 aromatic heterocycles. The summed E-state index contributed by atoms with van der Waals surface area (Å²) in [5.74, 6) is 0. The van der Waals surface area contributed by atoms with Crippen molar-refractivity contribution in [1.29, 1.82) is 0 Å². The van der Waals surface area contributed by atoms with Crippen LogP contribution in [0, 0.1) is 0 Å². The summed E-state index contributed by atoms with van der Waals surface area (Å²) in [6.07, 6.45) is 4.99. The molecule has 0 saturated carbocycles. The Morgan fingerprint density at radius 2 is 1.83 bits per heavy atom. The Morgan fingerprint density at radius 1 is 1.06 bits per heavy atom. The van der Waals surface area contributed by atoms with Crippen molar-refractivity contribution in [2.45, 2.75) is 25.7 Å². The van der Waals surface area contributed by atoms with E-state index in [0.717, 1.165) is 32.8 Å². The van der Waals surface area contributed by atoms with Crippen LogP contribution in [-0.2, 0) is 11.2 Å². The second kappa shape index (κ2) is 11.7. The predicted octanol–water partition coefficient (Wildman–Crippen LogP) is 2.29. The normalized spacial score (nSPS) is 10.9. The summed E-state index contributed by atoms with van der Waals surface area (Å²) in [6, 6.07) is 4.36. The molecule has 1 rings (SSSR count). The van der Waals surface area contributed by atoms with Gasteiger partial charge in [-0.1, -0.05) is 6.07 Å². The fourth-order valence-corrected chi connectivity index (χ4v) is 2.52. The van der Waals surface area contributed by atoms with Gasteiger partial charge in [0, 0.05) is 18.5 Å². The van der Waals surface area contributed by atoms with Crippen molar-refractivity contribution in [3.63, 3.8) is 0 Å². The first-order chi connectivity index (χ1) is 8.93. The molecule has 0 aromatic carbocycles. The van der Waals surface area contributed by atoms with Crippen LogP contribution in [0.4, 0.5) is 0 Å². The predicted molar refractivity (Wildman–Crippen MR) is 79.5 cm³/mol. The third-order valence-corrected chi connectivity index (χ3v) is 3.73. The van der Waals surface area contributed by atoms with Crippen molar-refractivity contribution in [1.82, 2.24) is 10.6 Å². The monoisotopic (exact) mass is 270 g/mol. The molecule has 0 unspecified atom stereocenters. The summed E-state index contributed by atoms with van der Waals surface area (Å²) >= 11 is 1.87. The number of methoxy groups -OCH3 is 1. The maximum atomic E-state index is 4.97. The van der Waals surface area contributed by atoms with E-state index in [0.29, 0.717) is 0 Å². The number of hydrogen-bond donors (Lipinski definition) is 2. The van der Waals surface area contributed by atoms with Crippen LogP contribution in [0.3, 0.4) is 0 Å². The van der Waals surface area contributed by atoms with Gasteiger partial charge in [-0.2, -0.15) is 0 Å². The third-order valence-electron chi connectivity index (χ3n) is 2.80. The van der Waals surface area contributed by atoms with Crippen LogP contribution in [0.1, 0.15) is 24.1 Å². The van der Waals surface area contributed by atoms with Gasteiger partial charge in [-0.05, 0) is 56.8 Å². The molecule has 4 heteroatoms. The molecule has 3 nitrogen and oxygen atoms in total. The third kappa shape index (κ3) is 8.64. The zero-order chi connectivity index (χ0) is 12.9. The second-order valence-corrected chi connectivity index (χ2v) is 5.42. The van der Waals surface area contributed by atoms with E-state index in [4.69, 9.17) is 4.74 Å². The van der Waals surface area contributed by atoms with Crippen molar-refractivity contribution in [2.75, 3.05) is 39.9 Å². The molecule has 0 aliphatic carbocycles. The van der Waals surface area contributed by atoms with E-state index >= 15 is 0 Å². The SMILES string of the molecule is COCCNCCCNCCCCc1cccs1. The van der Waals surface area contributed by atoms with Gasteiger partial charge in [0.2, 0.25) is 0 Å². The highest BCUT2D eigenvalue weighted by atomic mass is 32.1. The number of aryl methyl sites for hydroxylation is 1. The molecule has 0 amide bonds. The van der Waals surface area contributed by atoms with Crippen LogP contribution in [0.25, 0.3) is 0 Å². The van der Waals surface area contributed by atoms with Gasteiger partial charge < -0.3 is 15.4 Å². The van der Waals surface area contributed by atoms with Crippen molar-refractivity contribution >= 4 is 11.3 Å². The summed E-state index contributed by atoms with van der Waals surface area (Å²) in [7, 11) is 1.74. The fourth-order valence-electron chi connectivity index (χ4n) is 1.77. The van der Waals surface area contributed by atoms with Crippen LogP contribution in [0.2, 0.25) is 0 Å². The first-order valence-corrected chi connectivity index (χ1v) is 7.74. The molecule has 1 heterocycles. The van der Waals surface area contributed by atoms with Gasteiger partial charge in [0.1, 0.15) is 0 Å². The van der Waals surface area contributed by atoms with E-state index in [1.54, 1.807) is 7.11 Å². The summed E-state index contributed by atoms with van der Waals surface area (Å²) < 4.78 is 4.97. The van der Waals surface area contributed by atoms with Crippen LogP contribution >= 0.6 is 11.3 Å². The molecule has 18 heavy (non-hydrogen) atoms. The number of rotatable bonds is 12. The highest BCUT2D eigenvalue weighted by Gasteiger charge is 1.94. The van der Waals surface area contributed by atoms with Gasteiger partial charge in [-0.3, -0.25) is 0 Å². The zero-order valence-corrected chi connectivity index (χ0v) is 12.2. The van der Waals surface area contributed by atoms with Gasteiger partial charge in [-0.15, -0.1) is 11.3 Å². The standard InChI is InChI=1S/C14H26N2OS/c1-17-12-11-16-10-5-9-15-8-3-2-6-14-7-4-13-18-14/h4,7,13,15-16H,2-3,5-6,8-12H2,1H3. The molecule has 0 aliphatic heterocycles. The maximum Gasteiger partial charge on any atom is 0.0587 e. The number of hydrogen-bond acceptors (Lipinski definition) is 4. The highest BCUT2D eigenvalue weighted by molar-refractivity contribution is 7.09. The van der Waals surface area contributed by atoms with E-state index in [1.165, 1.54) is 30.6 Å². The maximum absolute atomic E-state index is 4.97. The van der Waals surface area contributed by atoms with Crippen molar-refractivity contribution in [3.05, 3.63) is 22.4 Å². The molecule has 2 N–H and O–H groups in total. The second-order valence-electron chi connectivity index (χ2n) is 4.38. The number of unbranched alkanes of at least 4 members (excludes halogenated alkanes) is 1. The molecular weight excluding hydrogens is 244 g/mol. The van der Waals surface area contributed by atoms with E-state index in [2.05, 4.69) is 28.1 Å². The van der Waals surface area contributed by atoms with E-state index in [-0.39, 0.29) is 0 Å². The van der Waals surface area contributed by atoms with Gasteiger partial charge in [0.05, 0.1) is 6.61 Å². The quantitative estimate of drug-likeness (QED) is 0.572. The number of nitrogens with one attached hydrogen (secondary N) is 2. The summed E-state index contributed by atoms with van der Waals surface area (Å²) in [5.41, 5.74) is 0. The average Bonchev–Trinajstić information content (AvgIpc) is 2.89. The van der Waals surface area contributed by atoms with Crippen LogP contribution in [0.5, 0.6) is 0 Å². The molecule has 0 fully saturated rings. The zero-order valence-electron chi connectivity index (χ0n) is 11.4. The number of thiophene rings is 1. The van der Waals surface area contributed by atoms with Crippen molar-refractivity contribution in [3.8, 4) is 0 Å². The highest BCUT2D eigenvalue weighted by Crippen LogP contribution is 2.11. The Bertz CT molecular complexity index is 265. The van der Waals surface area contributed by atoms with Crippen LogP contribution in [-0.4, -0.2) is 39.9 Å². The van der Waals surface area contributed by atoms with Gasteiger partial charge in [0.15, 0.2) is 0 Å². The van der Waals surface area contributed by atoms with Crippen LogP contribution in [0.15, 0.2) is 17.5 Å². The van der Waals surface area contributed by atoms with E-state index in [9.17, 15) is 0 Å². The molecule has 0 aliphatic rings. The first-order valence-electron chi connectivity index (χ1n) is 6.86. The summed E-state index contributed by atoms with van der Waals surface area (Å²) in [5, 5.41) is 8.99. The van der Waals surface area contributed by atoms with Crippen molar-refractivity contribution in [2.24, 2.45) is 0 Å². The fraction of sp³-hybridized carbons (Fsp3) is 0.714. The lowest BCUT2D eigenvalue weighted by Crippen LogP contribution is -2.25. The summed E-state index contributed by atoms with van der Waals surface area (Å²) in [4.78, 5) is 1.51. The van der Waals surface area contributed by atoms with Crippen LogP contribution < -0.4 is 10.6 Å². The molecule has 0 radical (unpaired) electrons. The molecule has 104 valence electrons. The lowest BCUT2D eigenvalue weighted by atomic mass is 10.2.